The van der Waals surface area contributed by atoms with Gasteiger partial charge in [0.05, 0.1) is 5.52 Å². The first kappa shape index (κ1) is 53.1. The van der Waals surface area contributed by atoms with Crippen molar-refractivity contribution in [1.82, 2.24) is 15.0 Å². The lowest BCUT2D eigenvalue weighted by atomic mass is 10.1. The zero-order valence-corrected chi connectivity index (χ0v) is 35.0. The molecule has 15 heteroatoms. The van der Waals surface area contributed by atoms with Crippen LogP contribution in [0.15, 0.2) is 183 Å². The van der Waals surface area contributed by atoms with Crippen LogP contribution in [0.2, 0.25) is 0 Å². The number of carbonyl (C=O) groups excluding carboxylic acids is 2. The number of fused-ring (bicyclic) bond motifs is 1. The van der Waals surface area contributed by atoms with E-state index in [0.29, 0.717) is 16.8 Å². The van der Waals surface area contributed by atoms with Gasteiger partial charge in [-0.15, -0.1) is 49.6 Å². The number of nitrogens with zero attached hydrogens (tertiary/aromatic N) is 3. The molecule has 7 N–H and O–H groups in total. The fourth-order valence-corrected chi connectivity index (χ4v) is 5.58. The Morgan fingerprint density at radius 1 is 0.403 bits per heavy atom. The van der Waals surface area contributed by atoms with Crippen LogP contribution in [0, 0.1) is 0 Å². The van der Waals surface area contributed by atoms with Gasteiger partial charge in [0, 0.05) is 98.7 Å². The molecule has 0 aliphatic carbocycles. The molecule has 2 amide bonds. The van der Waals surface area contributed by atoms with Crippen LogP contribution in [0.25, 0.3) is 10.9 Å². The summed E-state index contributed by atoms with van der Waals surface area (Å²) in [6.45, 7) is 0. The van der Waals surface area contributed by atoms with Gasteiger partial charge in [-0.25, -0.2) is 0 Å². The Hall–Kier alpha value is -6.89. The lowest BCUT2D eigenvalue weighted by molar-refractivity contribution is 0.101. The van der Waals surface area contributed by atoms with Crippen LogP contribution >= 0.6 is 49.6 Å². The number of halogens is 4. The zero-order valence-electron chi connectivity index (χ0n) is 31.7. The SMILES string of the molecule is C.C.Cl.Cl.Cl.Cl.Nc1ccc(C(=O)Nc2ccc(Nc3ccncc3)cc2)cc1.O=C(Nc1ccc(Nc2ccncc2)cc1)c1ccc(Nc2ccnc3ccccc23)cc1. The van der Waals surface area contributed by atoms with Crippen molar-refractivity contribution in [2.75, 3.05) is 32.3 Å². The smallest absolute Gasteiger partial charge is 0.255 e. The average Bonchev–Trinajstić information content (AvgIpc) is 3.24. The Bertz CT molecular complexity index is 2530. The van der Waals surface area contributed by atoms with Crippen LogP contribution in [0.5, 0.6) is 0 Å². The molecule has 0 atom stereocenters. The maximum absolute atomic E-state index is 12.7. The van der Waals surface area contributed by atoms with E-state index in [2.05, 4.69) is 41.5 Å². The predicted molar refractivity (Wildman–Crippen MR) is 269 cm³/mol. The molecule has 62 heavy (non-hydrogen) atoms. The van der Waals surface area contributed by atoms with Gasteiger partial charge in [-0.05, 0) is 133 Å². The highest BCUT2D eigenvalue weighted by Gasteiger charge is 2.09. The number of hydrogen-bond acceptors (Lipinski definition) is 9. The summed E-state index contributed by atoms with van der Waals surface area (Å²) in [6, 6.07) is 46.7. The van der Waals surface area contributed by atoms with E-state index in [-0.39, 0.29) is 76.3 Å². The van der Waals surface area contributed by atoms with E-state index in [1.54, 1.807) is 67.4 Å². The molecule has 0 bridgehead atoms. The number of anilines is 9. The Morgan fingerprint density at radius 3 is 1.24 bits per heavy atom. The first-order valence-electron chi connectivity index (χ1n) is 17.7. The molecule has 0 saturated carbocycles. The molecule has 8 rings (SSSR count). The molecule has 5 aromatic carbocycles. The Labute approximate surface area is 387 Å². The number of carbonyl (C=O) groups is 2. The van der Waals surface area contributed by atoms with E-state index in [1.807, 2.05) is 115 Å². The number of nitrogens with two attached hydrogens (primary N) is 1. The van der Waals surface area contributed by atoms with Gasteiger partial charge in [0.25, 0.3) is 11.8 Å². The largest absolute Gasteiger partial charge is 0.399 e. The molecule has 0 spiro atoms. The maximum atomic E-state index is 12.7. The van der Waals surface area contributed by atoms with Crippen LogP contribution in [0.1, 0.15) is 35.6 Å². The second-order valence-electron chi connectivity index (χ2n) is 12.5. The van der Waals surface area contributed by atoms with Crippen molar-refractivity contribution >= 4 is 124 Å². The van der Waals surface area contributed by atoms with E-state index in [9.17, 15) is 9.59 Å². The third-order valence-corrected chi connectivity index (χ3v) is 8.47. The molecule has 0 radical (unpaired) electrons. The monoisotopic (exact) mass is 911 g/mol. The number of nitrogen functional groups attached to an aromatic ring is 1. The van der Waals surface area contributed by atoms with E-state index in [1.165, 1.54) is 0 Å². The molecular weight excluding hydrogens is 864 g/mol. The lowest BCUT2D eigenvalue weighted by Gasteiger charge is -2.11. The minimum atomic E-state index is -0.167. The Balaban J connectivity index is 0.000000594. The number of nitrogens with one attached hydrogen (secondary N) is 5. The third kappa shape index (κ3) is 15.0. The highest BCUT2D eigenvalue weighted by atomic mass is 35.5. The van der Waals surface area contributed by atoms with Crippen molar-refractivity contribution in [3.63, 3.8) is 0 Å². The van der Waals surface area contributed by atoms with E-state index in [4.69, 9.17) is 5.73 Å². The highest BCUT2D eigenvalue weighted by molar-refractivity contribution is 6.05. The van der Waals surface area contributed by atoms with Crippen molar-refractivity contribution < 1.29 is 9.59 Å². The molecule has 0 aliphatic heterocycles. The van der Waals surface area contributed by atoms with Crippen molar-refractivity contribution in [1.29, 1.82) is 0 Å². The van der Waals surface area contributed by atoms with Crippen LogP contribution in [0.3, 0.4) is 0 Å². The normalized spacial score (nSPS) is 9.35. The van der Waals surface area contributed by atoms with Crippen LogP contribution in [-0.4, -0.2) is 26.8 Å². The van der Waals surface area contributed by atoms with Crippen molar-refractivity contribution in [3.05, 3.63) is 194 Å². The summed E-state index contributed by atoms with van der Waals surface area (Å²) >= 11 is 0. The van der Waals surface area contributed by atoms with E-state index >= 15 is 0 Å². The fraction of sp³-hybridized carbons (Fsp3) is 0.0426. The average molecular weight is 914 g/mol. The standard InChI is InChI=1S/C27H21N5O.C18H16N4O.2CH4.4ClH/c33-27(32-22-11-9-20(10-12-22)30-23-13-16-28-17-14-23)19-5-7-21(8-6-19)31-26-15-18-29-25-4-2-1-3-24(25)26;19-14-3-1-13(2-4-14)18(23)22-16-7-5-15(6-8-16)21-17-9-11-20-12-10-17;;;;;;/h1-18H,(H,28,30)(H,29,31)(H,32,33);1-12H,19H2,(H,20,21)(H,22,23);2*1H4;4*1H. The molecule has 0 aliphatic rings. The summed E-state index contributed by atoms with van der Waals surface area (Å²) in [6.07, 6.45) is 8.70. The van der Waals surface area contributed by atoms with Gasteiger partial charge >= 0.3 is 0 Å². The molecular formula is C47H49Cl4N9O2. The highest BCUT2D eigenvalue weighted by Crippen LogP contribution is 2.26. The summed E-state index contributed by atoms with van der Waals surface area (Å²) in [4.78, 5) is 37.2. The second kappa shape index (κ2) is 26.3. The van der Waals surface area contributed by atoms with Crippen molar-refractivity contribution in [3.8, 4) is 0 Å². The summed E-state index contributed by atoms with van der Waals surface area (Å²) in [5.74, 6) is -0.328. The number of hydrogen-bond donors (Lipinski definition) is 6. The molecule has 8 aromatic rings. The Morgan fingerprint density at radius 2 is 0.774 bits per heavy atom. The van der Waals surface area contributed by atoms with Gasteiger partial charge in [-0.2, -0.15) is 0 Å². The van der Waals surface area contributed by atoms with Gasteiger partial charge in [-0.3, -0.25) is 24.5 Å². The molecule has 3 heterocycles. The lowest BCUT2D eigenvalue weighted by Crippen LogP contribution is -2.11. The number of para-hydroxylation sites is 1. The summed E-state index contributed by atoms with van der Waals surface area (Å²) in [5.41, 5.74) is 15.4. The van der Waals surface area contributed by atoms with Gasteiger partial charge in [-0.1, -0.05) is 33.1 Å². The number of pyridine rings is 3. The number of rotatable bonds is 10. The quantitative estimate of drug-likeness (QED) is 0.0734. The second-order valence-corrected chi connectivity index (χ2v) is 12.5. The first-order chi connectivity index (χ1) is 27.4. The number of aromatic nitrogens is 3. The summed E-state index contributed by atoms with van der Waals surface area (Å²) in [7, 11) is 0. The zero-order chi connectivity index (χ0) is 38.5. The minimum Gasteiger partial charge on any atom is -0.399 e. The molecule has 0 unspecified atom stereocenters. The van der Waals surface area contributed by atoms with Gasteiger partial charge in [0.2, 0.25) is 0 Å². The molecule has 0 fully saturated rings. The minimum absolute atomic E-state index is 0. The van der Waals surface area contributed by atoms with E-state index < -0.39 is 0 Å². The van der Waals surface area contributed by atoms with Gasteiger partial charge in [0.15, 0.2) is 0 Å². The van der Waals surface area contributed by atoms with Gasteiger partial charge < -0.3 is 32.3 Å². The van der Waals surface area contributed by atoms with Crippen LogP contribution < -0.4 is 32.3 Å². The molecule has 3 aromatic heterocycles. The number of benzene rings is 5. The van der Waals surface area contributed by atoms with E-state index in [0.717, 1.165) is 56.4 Å². The molecule has 322 valence electrons. The Kier molecular flexibility index (Phi) is 22.6. The predicted octanol–water partition coefficient (Wildman–Crippen LogP) is 13.0. The first-order valence-corrected chi connectivity index (χ1v) is 17.7. The number of amides is 2. The topological polar surface area (TPSA) is 159 Å². The van der Waals surface area contributed by atoms with Crippen molar-refractivity contribution in [2.24, 2.45) is 0 Å². The summed E-state index contributed by atoms with van der Waals surface area (Å²) in [5, 5.41) is 16.8. The van der Waals surface area contributed by atoms with Crippen LogP contribution in [0.4, 0.5) is 51.2 Å². The van der Waals surface area contributed by atoms with Gasteiger partial charge in [0.1, 0.15) is 0 Å². The molecule has 11 nitrogen and oxygen atoms in total. The maximum Gasteiger partial charge on any atom is 0.255 e. The fourth-order valence-electron chi connectivity index (χ4n) is 5.58. The third-order valence-electron chi connectivity index (χ3n) is 8.47. The van der Waals surface area contributed by atoms with Crippen LogP contribution in [-0.2, 0) is 0 Å². The summed E-state index contributed by atoms with van der Waals surface area (Å²) < 4.78 is 0. The van der Waals surface area contributed by atoms with Crippen molar-refractivity contribution in [2.45, 2.75) is 14.9 Å². The molecule has 0 saturated heterocycles.